The van der Waals surface area contributed by atoms with Gasteiger partial charge in [-0.15, -0.1) is 0 Å². The van der Waals surface area contributed by atoms with Gasteiger partial charge >= 0.3 is 0 Å². The molecule has 4 amide bonds. The van der Waals surface area contributed by atoms with Crippen molar-refractivity contribution in [1.29, 1.82) is 0 Å². The molecule has 1 radical (unpaired) electrons. The van der Waals surface area contributed by atoms with E-state index in [1.165, 1.54) is 5.56 Å². The van der Waals surface area contributed by atoms with Gasteiger partial charge in [-0.25, -0.2) is 0 Å². The average molecular weight is 608 g/mol. The van der Waals surface area contributed by atoms with Gasteiger partial charge in [0.25, 0.3) is 0 Å². The molecule has 0 aromatic heterocycles. The van der Waals surface area contributed by atoms with E-state index in [9.17, 15) is 19.2 Å². The first-order valence-electron chi connectivity index (χ1n) is 7.06. The third-order valence-electron chi connectivity index (χ3n) is 2.44. The largest absolute Gasteiger partial charge is 0.670 e. The van der Waals surface area contributed by atoms with Gasteiger partial charge in [-0.1, -0.05) is 42.4 Å². The van der Waals surface area contributed by atoms with Crippen LogP contribution in [0.5, 0.6) is 0 Å². The fourth-order valence-electron chi connectivity index (χ4n) is 1.26. The fraction of sp³-hybridized carbons (Fsp3) is 0.333. The van der Waals surface area contributed by atoms with Crippen LogP contribution in [0, 0.1) is 6.92 Å². The molecule has 26 heavy (non-hydrogen) atoms. The van der Waals surface area contributed by atoms with Gasteiger partial charge in [0.1, 0.15) is 0 Å². The Morgan fingerprint density at radius 1 is 0.846 bits per heavy atom. The third-order valence-corrected chi connectivity index (χ3v) is 2.44. The zero-order valence-corrected chi connectivity index (χ0v) is 20.1. The summed E-state index contributed by atoms with van der Waals surface area (Å²) < 4.78 is 0. The maximum Gasteiger partial charge on any atom is 0.239 e. The summed E-state index contributed by atoms with van der Waals surface area (Å²) in [6.45, 7) is 0.537. The van der Waals surface area contributed by atoms with E-state index in [0.29, 0.717) is 0 Å². The summed E-state index contributed by atoms with van der Waals surface area (Å²) in [5.41, 5.74) is 14.5. The molecule has 0 bridgehead atoms. The summed E-state index contributed by atoms with van der Waals surface area (Å²) in [5, 5.41) is 6.44. The predicted molar refractivity (Wildman–Crippen MR) is 88.7 cm³/mol. The topological polar surface area (TPSA) is 152 Å². The Hall–Kier alpha value is -1.15. The molecule has 0 aliphatic heterocycles. The molecule has 0 fully saturated rings. The van der Waals surface area contributed by atoms with Crippen LogP contribution in [0.25, 0.3) is 11.5 Å². The van der Waals surface area contributed by atoms with Gasteiger partial charge in [0, 0.05) is 53.8 Å². The summed E-state index contributed by atoms with van der Waals surface area (Å²) in [6, 6.07) is 10.3. The second kappa shape index (κ2) is 18.6. The van der Waals surface area contributed by atoms with Crippen LogP contribution in [-0.2, 0) is 73.0 Å². The van der Waals surface area contributed by atoms with Crippen LogP contribution in [-0.4, -0.2) is 49.8 Å². The monoisotopic (exact) mass is 608 g/mol. The van der Waals surface area contributed by atoms with E-state index < -0.39 is 36.7 Å². The first kappa shape index (κ1) is 29.6. The molecule has 5 N–H and O–H groups in total. The predicted octanol–water partition coefficient (Wildman–Crippen LogP) is -0.0440. The number of hydrogen-bond donors (Lipinski definition) is 3. The summed E-state index contributed by atoms with van der Waals surface area (Å²) >= 11 is 0. The molecule has 0 unspecified atom stereocenters. The van der Waals surface area contributed by atoms with Crippen molar-refractivity contribution < 1.29 is 73.0 Å². The molecule has 141 valence electrons. The van der Waals surface area contributed by atoms with Gasteiger partial charge < -0.3 is 32.2 Å². The molecule has 1 rings (SSSR count). The zero-order valence-electron chi connectivity index (χ0n) is 14.3. The van der Waals surface area contributed by atoms with Crippen LogP contribution in [0.4, 0.5) is 0 Å². The number of benzene rings is 1. The van der Waals surface area contributed by atoms with E-state index in [2.05, 4.69) is 35.0 Å². The van der Waals surface area contributed by atoms with Crippen molar-refractivity contribution in [3.8, 4) is 0 Å². The Morgan fingerprint density at radius 2 is 1.27 bits per heavy atom. The Labute approximate surface area is 191 Å². The molecule has 0 saturated carbocycles. The van der Waals surface area contributed by atoms with Gasteiger partial charge in [0.05, 0.1) is 25.5 Å². The number of amides is 4. The van der Waals surface area contributed by atoms with Crippen molar-refractivity contribution in [2.75, 3.05) is 26.2 Å². The van der Waals surface area contributed by atoms with Crippen molar-refractivity contribution in [3.05, 3.63) is 47.4 Å². The zero-order chi connectivity index (χ0) is 18.4. The Morgan fingerprint density at radius 3 is 1.62 bits per heavy atom. The molecule has 0 spiro atoms. The second-order valence-corrected chi connectivity index (χ2v) is 4.58. The van der Waals surface area contributed by atoms with E-state index >= 15 is 0 Å². The molecule has 0 saturated heterocycles. The van der Waals surface area contributed by atoms with Gasteiger partial charge in [0.2, 0.25) is 11.8 Å². The fourth-order valence-corrected chi connectivity index (χ4v) is 1.26. The van der Waals surface area contributed by atoms with Crippen LogP contribution in [0.3, 0.4) is 0 Å². The molecule has 0 aliphatic carbocycles. The Bertz CT molecular complexity index is 560. The summed E-state index contributed by atoms with van der Waals surface area (Å²) in [5.74, 6) is -2.72. The van der Waals surface area contributed by atoms with Crippen LogP contribution in [0.2, 0.25) is 0 Å². The second-order valence-electron chi connectivity index (χ2n) is 4.58. The third kappa shape index (κ3) is 19.2. The van der Waals surface area contributed by atoms with Crippen molar-refractivity contribution in [2.24, 2.45) is 0 Å². The molecule has 1 aromatic rings. The minimum absolute atomic E-state index is 0. The van der Waals surface area contributed by atoms with Crippen LogP contribution in [0.1, 0.15) is 5.56 Å². The summed E-state index contributed by atoms with van der Waals surface area (Å²) in [4.78, 5) is 42.8. The molecule has 9 nitrogen and oxygen atoms in total. The van der Waals surface area contributed by atoms with Crippen LogP contribution in [0.15, 0.2) is 30.3 Å². The molecule has 0 atom stereocenters. The van der Waals surface area contributed by atoms with Crippen LogP contribution < -0.4 is 16.0 Å². The molecule has 1 aromatic carbocycles. The number of nitrogens with one attached hydrogen (secondary N) is 5. The SMILES string of the molecule is Cc1ccccc1.[NH-]CC(=O)NCC(=O)NCC(=O)NCC([NH-])=O.[W].[Y]. The molecule has 11 heteroatoms. The average Bonchev–Trinajstić information content (AvgIpc) is 2.57. The van der Waals surface area contributed by atoms with E-state index in [4.69, 9.17) is 11.5 Å². The number of carbonyl (C=O) groups is 4. The van der Waals surface area contributed by atoms with E-state index in [1.807, 2.05) is 18.2 Å². The Kier molecular flexibility index (Phi) is 21.2. The quantitative estimate of drug-likeness (QED) is 0.398. The van der Waals surface area contributed by atoms with Crippen molar-refractivity contribution in [2.45, 2.75) is 6.92 Å². The summed E-state index contributed by atoms with van der Waals surface area (Å²) in [7, 11) is 0. The standard InChI is InChI=1S/C8H14N5O4.C7H8.W.Y/c9-1-6(15)12-3-8(17)13-4-7(16)11-2-5(10)14;1-7-5-3-2-4-6-7;;/h9H,1-4H2,(H5,10,11,12,13,14,15,16,17);2-6H,1H3;;/q-1;;;/p-1. The molecule has 0 heterocycles. The van der Waals surface area contributed by atoms with Gasteiger partial charge in [-0.05, 0) is 6.92 Å². The van der Waals surface area contributed by atoms with Crippen molar-refractivity contribution >= 4 is 23.6 Å². The van der Waals surface area contributed by atoms with Crippen molar-refractivity contribution in [1.82, 2.24) is 16.0 Å². The van der Waals surface area contributed by atoms with Gasteiger partial charge in [-0.3, -0.25) is 14.4 Å². The van der Waals surface area contributed by atoms with E-state index in [1.54, 1.807) is 0 Å². The van der Waals surface area contributed by atoms with E-state index in [0.717, 1.165) is 0 Å². The first-order valence-corrected chi connectivity index (χ1v) is 7.06. The van der Waals surface area contributed by atoms with Crippen LogP contribution >= 0.6 is 0 Å². The molecular formula is C15H21N5O4WY-2. The smallest absolute Gasteiger partial charge is 0.239 e. The minimum Gasteiger partial charge on any atom is -0.670 e. The van der Waals surface area contributed by atoms with E-state index in [-0.39, 0.29) is 66.9 Å². The van der Waals surface area contributed by atoms with Gasteiger partial charge in [0.15, 0.2) is 5.91 Å². The number of hydrogen-bond acceptors (Lipinski definition) is 4. The maximum atomic E-state index is 11.0. The minimum atomic E-state index is -0.938. The van der Waals surface area contributed by atoms with Gasteiger partial charge in [-0.2, -0.15) is 0 Å². The first-order chi connectivity index (χ1) is 11.3. The maximum absolute atomic E-state index is 11.0. The molecular weight excluding hydrogens is 587 g/mol. The normalized spacial score (nSPS) is 8.38. The number of rotatable bonds is 7. The number of carbonyl (C=O) groups excluding carboxylic acids is 4. The number of aryl methyl sites for hydroxylation is 1. The van der Waals surface area contributed by atoms with Crippen molar-refractivity contribution in [3.63, 3.8) is 0 Å². The summed E-state index contributed by atoms with van der Waals surface area (Å²) in [6.07, 6.45) is 0. The Balaban J connectivity index is -0.000000494. The molecule has 0 aliphatic rings.